The monoisotopic (exact) mass is 387 g/mol. The van der Waals surface area contributed by atoms with Crippen LogP contribution in [-0.2, 0) is 14.3 Å². The summed E-state index contributed by atoms with van der Waals surface area (Å²) in [4.78, 5) is 25.1. The molecule has 27 heavy (non-hydrogen) atoms. The molecule has 0 bridgehead atoms. The van der Waals surface area contributed by atoms with E-state index < -0.39 is 12.1 Å². The van der Waals surface area contributed by atoms with Gasteiger partial charge in [0.05, 0.1) is 6.61 Å². The van der Waals surface area contributed by atoms with E-state index in [1.165, 1.54) is 16.9 Å². The van der Waals surface area contributed by atoms with Crippen molar-refractivity contribution in [3.05, 3.63) is 39.8 Å². The molecule has 1 N–H and O–H groups in total. The second kappa shape index (κ2) is 8.23. The highest BCUT2D eigenvalue weighted by Crippen LogP contribution is 2.38. The lowest BCUT2D eigenvalue weighted by molar-refractivity contribution is -0.124. The van der Waals surface area contributed by atoms with Crippen molar-refractivity contribution in [3.8, 4) is 11.1 Å². The minimum atomic E-state index is -0.450. The molecule has 1 amide bonds. The Kier molecular flexibility index (Phi) is 5.97. The first-order valence-electron chi connectivity index (χ1n) is 9.21. The van der Waals surface area contributed by atoms with Crippen LogP contribution >= 0.6 is 11.3 Å². The van der Waals surface area contributed by atoms with E-state index >= 15 is 0 Å². The highest BCUT2D eigenvalue weighted by Gasteiger charge is 2.28. The van der Waals surface area contributed by atoms with Crippen LogP contribution in [0.1, 0.15) is 46.8 Å². The number of hydrogen-bond donors (Lipinski definition) is 1. The number of carbonyl (C=O) groups excluding carboxylic acids is 2. The highest BCUT2D eigenvalue weighted by molar-refractivity contribution is 7.15. The number of benzene rings is 1. The van der Waals surface area contributed by atoms with Crippen LogP contribution in [0.15, 0.2) is 17.5 Å². The fourth-order valence-corrected chi connectivity index (χ4v) is 4.20. The second-order valence-corrected chi connectivity index (χ2v) is 7.68. The van der Waals surface area contributed by atoms with E-state index in [9.17, 15) is 9.59 Å². The van der Waals surface area contributed by atoms with E-state index in [0.717, 1.165) is 28.7 Å². The topological polar surface area (TPSA) is 64.6 Å². The van der Waals surface area contributed by atoms with E-state index in [1.807, 2.05) is 5.38 Å². The Morgan fingerprint density at radius 1 is 1.26 bits per heavy atom. The molecular formula is C21H25NO4S. The third-order valence-electron chi connectivity index (χ3n) is 4.97. The third-order valence-corrected chi connectivity index (χ3v) is 5.86. The zero-order valence-electron chi connectivity index (χ0n) is 16.2. The minimum Gasteiger partial charge on any atom is -0.462 e. The minimum absolute atomic E-state index is 0.206. The van der Waals surface area contributed by atoms with E-state index in [2.05, 4.69) is 38.2 Å². The Labute approximate surface area is 163 Å². The number of carbonyl (C=O) groups is 2. The van der Waals surface area contributed by atoms with E-state index in [0.29, 0.717) is 23.6 Å². The highest BCUT2D eigenvalue weighted by atomic mass is 32.1. The number of aryl methyl sites for hydroxylation is 2. The molecule has 0 spiro atoms. The molecule has 2 heterocycles. The maximum absolute atomic E-state index is 12.7. The summed E-state index contributed by atoms with van der Waals surface area (Å²) >= 11 is 1.34. The van der Waals surface area contributed by atoms with Crippen molar-refractivity contribution >= 4 is 28.2 Å². The van der Waals surface area contributed by atoms with E-state index in [-0.39, 0.29) is 12.5 Å². The quantitative estimate of drug-likeness (QED) is 0.760. The van der Waals surface area contributed by atoms with Crippen LogP contribution in [0, 0.1) is 20.8 Å². The van der Waals surface area contributed by atoms with Crippen molar-refractivity contribution in [3.63, 3.8) is 0 Å². The molecule has 0 aliphatic carbocycles. The van der Waals surface area contributed by atoms with Crippen LogP contribution in [0.25, 0.3) is 11.1 Å². The first kappa shape index (κ1) is 19.6. The zero-order chi connectivity index (χ0) is 19.6. The average Bonchev–Trinajstić information content (AvgIpc) is 3.29. The molecule has 1 saturated heterocycles. The normalized spacial score (nSPS) is 16.4. The Balaban J connectivity index is 2.00. The van der Waals surface area contributed by atoms with Crippen LogP contribution in [0.2, 0.25) is 0 Å². The molecular weight excluding hydrogens is 362 g/mol. The molecule has 1 aliphatic heterocycles. The fraction of sp³-hybridized carbons (Fsp3) is 0.429. The molecule has 2 aromatic rings. The predicted octanol–water partition coefficient (Wildman–Crippen LogP) is 4.63. The molecule has 0 saturated carbocycles. The van der Waals surface area contributed by atoms with E-state index in [1.54, 1.807) is 6.92 Å². The van der Waals surface area contributed by atoms with Gasteiger partial charge in [0.1, 0.15) is 16.7 Å². The summed E-state index contributed by atoms with van der Waals surface area (Å²) in [7, 11) is 0. The lowest BCUT2D eigenvalue weighted by atomic mass is 9.96. The molecule has 0 radical (unpaired) electrons. The van der Waals surface area contributed by atoms with Gasteiger partial charge in [0.2, 0.25) is 0 Å². The maximum Gasteiger partial charge on any atom is 0.341 e. The molecule has 5 nitrogen and oxygen atoms in total. The van der Waals surface area contributed by atoms with Crippen LogP contribution < -0.4 is 5.32 Å². The lowest BCUT2D eigenvalue weighted by Crippen LogP contribution is -2.27. The number of rotatable bonds is 5. The molecule has 1 aromatic heterocycles. The van der Waals surface area contributed by atoms with Gasteiger partial charge in [0, 0.05) is 17.6 Å². The molecule has 1 aromatic carbocycles. The predicted molar refractivity (Wildman–Crippen MR) is 108 cm³/mol. The Morgan fingerprint density at radius 3 is 2.56 bits per heavy atom. The molecule has 144 valence electrons. The van der Waals surface area contributed by atoms with E-state index in [4.69, 9.17) is 9.47 Å². The Bertz CT molecular complexity index is 842. The van der Waals surface area contributed by atoms with Crippen LogP contribution in [0.3, 0.4) is 0 Å². The fourth-order valence-electron chi connectivity index (χ4n) is 3.24. The Morgan fingerprint density at radius 2 is 1.96 bits per heavy atom. The SMILES string of the molecule is CCOC(=O)c1c(-c2cc(C)c(C)c(C)c2)csc1NC(=O)C1CCCO1. The van der Waals surface area contributed by atoms with Crippen molar-refractivity contribution in [1.82, 2.24) is 0 Å². The van der Waals surface area contributed by atoms with Gasteiger partial charge in [-0.2, -0.15) is 0 Å². The van der Waals surface area contributed by atoms with Gasteiger partial charge in [-0.05, 0) is 62.8 Å². The van der Waals surface area contributed by atoms with Crippen molar-refractivity contribution in [1.29, 1.82) is 0 Å². The summed E-state index contributed by atoms with van der Waals surface area (Å²) in [5.74, 6) is -0.630. The number of nitrogens with one attached hydrogen (secondary N) is 1. The molecule has 1 aliphatic rings. The van der Waals surface area contributed by atoms with Crippen molar-refractivity contribution < 1.29 is 19.1 Å². The van der Waals surface area contributed by atoms with Crippen LogP contribution in [0.4, 0.5) is 5.00 Å². The molecule has 1 atom stereocenters. The smallest absolute Gasteiger partial charge is 0.341 e. The summed E-state index contributed by atoms with van der Waals surface area (Å²) in [6.07, 6.45) is 1.13. The van der Waals surface area contributed by atoms with Crippen LogP contribution in [0.5, 0.6) is 0 Å². The second-order valence-electron chi connectivity index (χ2n) is 6.80. The number of amides is 1. The average molecular weight is 388 g/mol. The molecule has 1 unspecified atom stereocenters. The van der Waals surface area contributed by atoms with Gasteiger partial charge in [0.15, 0.2) is 0 Å². The standard InChI is InChI=1S/C21H25NO4S/c1-5-25-21(24)18-16(15-9-12(2)14(4)13(3)10-15)11-27-20(18)22-19(23)17-7-6-8-26-17/h9-11,17H,5-8H2,1-4H3,(H,22,23). The van der Waals surface area contributed by atoms with Crippen LogP contribution in [-0.4, -0.2) is 31.2 Å². The Hall–Kier alpha value is -2.18. The van der Waals surface area contributed by atoms with Gasteiger partial charge in [-0.3, -0.25) is 4.79 Å². The van der Waals surface area contributed by atoms with Crippen molar-refractivity contribution in [2.45, 2.75) is 46.6 Å². The molecule has 3 rings (SSSR count). The molecule has 1 fully saturated rings. The number of hydrogen-bond acceptors (Lipinski definition) is 5. The summed E-state index contributed by atoms with van der Waals surface area (Å²) in [6.45, 7) is 8.85. The van der Waals surface area contributed by atoms with Gasteiger partial charge < -0.3 is 14.8 Å². The summed E-state index contributed by atoms with van der Waals surface area (Å²) < 4.78 is 10.7. The van der Waals surface area contributed by atoms with Gasteiger partial charge in [-0.25, -0.2) is 4.79 Å². The molecule has 6 heteroatoms. The lowest BCUT2D eigenvalue weighted by Gasteiger charge is -2.13. The first-order valence-corrected chi connectivity index (χ1v) is 10.1. The van der Waals surface area contributed by atoms with Gasteiger partial charge in [0.25, 0.3) is 5.91 Å². The number of anilines is 1. The number of thiophene rings is 1. The third kappa shape index (κ3) is 4.06. The van der Waals surface area contributed by atoms with Gasteiger partial charge in [-0.15, -0.1) is 11.3 Å². The number of ether oxygens (including phenoxy) is 2. The summed E-state index contributed by atoms with van der Waals surface area (Å²) in [5, 5.41) is 5.29. The zero-order valence-corrected chi connectivity index (χ0v) is 17.0. The first-order chi connectivity index (χ1) is 12.9. The maximum atomic E-state index is 12.7. The largest absolute Gasteiger partial charge is 0.462 e. The number of esters is 1. The summed E-state index contributed by atoms with van der Waals surface area (Å²) in [6, 6.07) is 4.14. The van der Waals surface area contributed by atoms with Crippen molar-refractivity contribution in [2.75, 3.05) is 18.5 Å². The van der Waals surface area contributed by atoms with Crippen molar-refractivity contribution in [2.24, 2.45) is 0 Å². The van der Waals surface area contributed by atoms with Gasteiger partial charge in [-0.1, -0.05) is 12.1 Å². The summed E-state index contributed by atoms with van der Waals surface area (Å²) in [5.41, 5.74) is 5.71. The van der Waals surface area contributed by atoms with Gasteiger partial charge >= 0.3 is 5.97 Å².